The van der Waals surface area contributed by atoms with Crippen LogP contribution in [0.25, 0.3) is 0 Å². The highest BCUT2D eigenvalue weighted by Crippen LogP contribution is 2.38. The SMILES string of the molecule is CN(Cc1csc(Br)c1)c1cc(N)nc(C2CC2)n1. The predicted octanol–water partition coefficient (Wildman–Crippen LogP) is 3.40. The van der Waals surface area contributed by atoms with Crippen molar-refractivity contribution in [2.75, 3.05) is 17.7 Å². The van der Waals surface area contributed by atoms with E-state index in [1.165, 1.54) is 18.4 Å². The highest BCUT2D eigenvalue weighted by Gasteiger charge is 2.27. The lowest BCUT2D eigenvalue weighted by Crippen LogP contribution is -2.18. The van der Waals surface area contributed by atoms with Gasteiger partial charge in [-0.05, 0) is 45.8 Å². The van der Waals surface area contributed by atoms with Gasteiger partial charge in [0.15, 0.2) is 0 Å². The molecule has 0 radical (unpaired) electrons. The van der Waals surface area contributed by atoms with Crippen LogP contribution in [0.4, 0.5) is 11.6 Å². The van der Waals surface area contributed by atoms with Gasteiger partial charge in [-0.3, -0.25) is 0 Å². The van der Waals surface area contributed by atoms with Crippen LogP contribution in [0.5, 0.6) is 0 Å². The molecule has 1 saturated carbocycles. The number of hydrogen-bond acceptors (Lipinski definition) is 5. The maximum atomic E-state index is 5.88. The minimum atomic E-state index is 0.519. The number of rotatable bonds is 4. The molecule has 0 aromatic carbocycles. The van der Waals surface area contributed by atoms with E-state index in [1.807, 2.05) is 13.1 Å². The van der Waals surface area contributed by atoms with E-state index < -0.39 is 0 Å². The normalized spacial score (nSPS) is 14.6. The molecular weight excluding hydrogens is 324 g/mol. The third-order valence-corrected chi connectivity index (χ3v) is 4.68. The van der Waals surface area contributed by atoms with Crippen molar-refractivity contribution in [2.24, 2.45) is 0 Å². The fourth-order valence-electron chi connectivity index (χ4n) is 1.97. The van der Waals surface area contributed by atoms with E-state index in [4.69, 9.17) is 5.73 Å². The quantitative estimate of drug-likeness (QED) is 0.928. The summed E-state index contributed by atoms with van der Waals surface area (Å²) in [5, 5.41) is 2.15. The Hall–Kier alpha value is -1.14. The standard InChI is InChI=1S/C13H15BrN4S/c1-18(6-8-4-10(14)19-7-8)12-5-11(15)16-13(17-12)9-2-3-9/h4-5,7,9H,2-3,6H2,1H3,(H2,15,16,17). The van der Waals surface area contributed by atoms with Gasteiger partial charge < -0.3 is 10.6 Å². The first-order valence-corrected chi connectivity index (χ1v) is 7.87. The Morgan fingerprint density at radius 2 is 2.21 bits per heavy atom. The lowest BCUT2D eigenvalue weighted by molar-refractivity contribution is 0.858. The Balaban J connectivity index is 1.80. The molecular formula is C13H15BrN4S. The summed E-state index contributed by atoms with van der Waals surface area (Å²) in [4.78, 5) is 11.1. The van der Waals surface area contributed by atoms with Gasteiger partial charge in [0.25, 0.3) is 0 Å². The van der Waals surface area contributed by atoms with Crippen LogP contribution >= 0.6 is 27.3 Å². The smallest absolute Gasteiger partial charge is 0.136 e. The van der Waals surface area contributed by atoms with Crippen LogP contribution in [0.1, 0.15) is 30.1 Å². The van der Waals surface area contributed by atoms with Gasteiger partial charge in [-0.25, -0.2) is 9.97 Å². The van der Waals surface area contributed by atoms with E-state index in [2.05, 4.69) is 42.2 Å². The zero-order valence-corrected chi connectivity index (χ0v) is 13.0. The van der Waals surface area contributed by atoms with E-state index in [-0.39, 0.29) is 0 Å². The monoisotopic (exact) mass is 338 g/mol. The van der Waals surface area contributed by atoms with Crippen molar-refractivity contribution in [2.45, 2.75) is 25.3 Å². The number of hydrogen-bond donors (Lipinski definition) is 1. The summed E-state index contributed by atoms with van der Waals surface area (Å²) in [6.07, 6.45) is 2.37. The van der Waals surface area contributed by atoms with Crippen LogP contribution in [-0.4, -0.2) is 17.0 Å². The summed E-state index contributed by atoms with van der Waals surface area (Å²) in [5.74, 6) is 2.88. The molecule has 3 rings (SSSR count). The first kappa shape index (κ1) is 12.9. The molecule has 0 bridgehead atoms. The zero-order valence-electron chi connectivity index (χ0n) is 10.6. The number of nitrogen functional groups attached to an aromatic ring is 1. The fraction of sp³-hybridized carbons (Fsp3) is 0.385. The highest BCUT2D eigenvalue weighted by atomic mass is 79.9. The van der Waals surface area contributed by atoms with E-state index >= 15 is 0 Å². The van der Waals surface area contributed by atoms with Crippen LogP contribution < -0.4 is 10.6 Å². The minimum absolute atomic E-state index is 0.519. The summed E-state index contributed by atoms with van der Waals surface area (Å²) in [7, 11) is 2.03. The molecule has 1 aliphatic rings. The van der Waals surface area contributed by atoms with Crippen molar-refractivity contribution in [1.29, 1.82) is 0 Å². The average Bonchev–Trinajstić information content (AvgIpc) is 3.13. The Labute approximate surface area is 124 Å². The van der Waals surface area contributed by atoms with E-state index in [9.17, 15) is 0 Å². The maximum Gasteiger partial charge on any atom is 0.136 e. The second kappa shape index (κ2) is 5.09. The number of nitrogens with two attached hydrogens (primary N) is 1. The minimum Gasteiger partial charge on any atom is -0.384 e. The molecule has 1 fully saturated rings. The van der Waals surface area contributed by atoms with Crippen molar-refractivity contribution >= 4 is 38.9 Å². The van der Waals surface area contributed by atoms with E-state index in [1.54, 1.807) is 11.3 Å². The molecule has 2 heterocycles. The Kier molecular flexibility index (Phi) is 3.45. The van der Waals surface area contributed by atoms with Crippen LogP contribution in [0, 0.1) is 0 Å². The summed E-state index contributed by atoms with van der Waals surface area (Å²) in [5.41, 5.74) is 7.15. The van der Waals surface area contributed by atoms with Gasteiger partial charge >= 0.3 is 0 Å². The van der Waals surface area contributed by atoms with E-state index in [0.717, 1.165) is 22.0 Å². The Morgan fingerprint density at radius 1 is 1.42 bits per heavy atom. The van der Waals surface area contributed by atoms with Crippen molar-refractivity contribution in [1.82, 2.24) is 9.97 Å². The number of anilines is 2. The molecule has 0 aliphatic heterocycles. The topological polar surface area (TPSA) is 55.0 Å². The van der Waals surface area contributed by atoms with Gasteiger partial charge in [-0.1, -0.05) is 0 Å². The molecule has 100 valence electrons. The molecule has 4 nitrogen and oxygen atoms in total. The summed E-state index contributed by atoms with van der Waals surface area (Å²) in [6.45, 7) is 0.822. The Morgan fingerprint density at radius 3 is 2.84 bits per heavy atom. The van der Waals surface area contributed by atoms with Gasteiger partial charge in [-0.2, -0.15) is 0 Å². The number of thiophene rings is 1. The second-order valence-electron chi connectivity index (χ2n) is 4.90. The molecule has 2 aromatic rings. The first-order valence-electron chi connectivity index (χ1n) is 6.20. The van der Waals surface area contributed by atoms with Crippen LogP contribution in [0.15, 0.2) is 21.3 Å². The largest absolute Gasteiger partial charge is 0.384 e. The lowest BCUT2D eigenvalue weighted by Gasteiger charge is -2.18. The van der Waals surface area contributed by atoms with Gasteiger partial charge in [0.1, 0.15) is 17.5 Å². The van der Waals surface area contributed by atoms with Gasteiger partial charge in [-0.15, -0.1) is 11.3 Å². The van der Waals surface area contributed by atoms with Crippen molar-refractivity contribution in [3.63, 3.8) is 0 Å². The zero-order chi connectivity index (χ0) is 13.4. The first-order chi connectivity index (χ1) is 9.11. The highest BCUT2D eigenvalue weighted by molar-refractivity contribution is 9.11. The molecule has 0 saturated heterocycles. The molecule has 0 spiro atoms. The van der Waals surface area contributed by atoms with Crippen LogP contribution in [0.3, 0.4) is 0 Å². The lowest BCUT2D eigenvalue weighted by atomic mass is 10.3. The average molecular weight is 339 g/mol. The Bertz CT molecular complexity index is 594. The van der Waals surface area contributed by atoms with Crippen molar-refractivity contribution in [3.8, 4) is 0 Å². The van der Waals surface area contributed by atoms with E-state index in [0.29, 0.717) is 11.7 Å². The molecule has 6 heteroatoms. The summed E-state index contributed by atoms with van der Waals surface area (Å²) in [6, 6.07) is 3.97. The third kappa shape index (κ3) is 3.06. The van der Waals surface area contributed by atoms with Crippen molar-refractivity contribution < 1.29 is 0 Å². The predicted molar refractivity (Wildman–Crippen MR) is 82.5 cm³/mol. The maximum absolute atomic E-state index is 5.88. The van der Waals surface area contributed by atoms with Gasteiger partial charge in [0.2, 0.25) is 0 Å². The van der Waals surface area contributed by atoms with Gasteiger partial charge in [0.05, 0.1) is 3.79 Å². The van der Waals surface area contributed by atoms with Crippen LogP contribution in [0.2, 0.25) is 0 Å². The molecule has 2 aromatic heterocycles. The molecule has 1 aliphatic carbocycles. The third-order valence-electron chi connectivity index (χ3n) is 3.12. The van der Waals surface area contributed by atoms with Crippen LogP contribution in [-0.2, 0) is 6.54 Å². The fourth-order valence-corrected chi connectivity index (χ4v) is 3.18. The van der Waals surface area contributed by atoms with Crippen molar-refractivity contribution in [3.05, 3.63) is 32.7 Å². The second-order valence-corrected chi connectivity index (χ2v) is 7.19. The molecule has 0 unspecified atom stereocenters. The summed E-state index contributed by atoms with van der Waals surface area (Å²) < 4.78 is 1.15. The molecule has 0 atom stereocenters. The molecule has 2 N–H and O–H groups in total. The molecule has 0 amide bonds. The van der Waals surface area contributed by atoms with Gasteiger partial charge in [0, 0.05) is 25.6 Å². The number of halogens is 1. The summed E-state index contributed by atoms with van der Waals surface area (Å²) >= 11 is 5.18. The number of nitrogens with zero attached hydrogens (tertiary/aromatic N) is 3. The number of aromatic nitrogens is 2. The molecule has 19 heavy (non-hydrogen) atoms.